The van der Waals surface area contributed by atoms with E-state index in [-0.39, 0.29) is 10.8 Å². The van der Waals surface area contributed by atoms with E-state index < -0.39 is 17.8 Å². The van der Waals surface area contributed by atoms with Gasteiger partial charge in [0, 0.05) is 13.1 Å². The van der Waals surface area contributed by atoms with E-state index in [9.17, 15) is 13.2 Å². The number of ether oxygens (including phenoxy) is 2. The van der Waals surface area contributed by atoms with Gasteiger partial charge in [-0.05, 0) is 17.7 Å². The highest BCUT2D eigenvalue weighted by Gasteiger charge is 2.36. The van der Waals surface area contributed by atoms with Crippen molar-refractivity contribution >= 4 is 11.6 Å². The predicted octanol–water partition coefficient (Wildman–Crippen LogP) is 3.03. The van der Waals surface area contributed by atoms with Crippen LogP contribution in [0.3, 0.4) is 0 Å². The first-order chi connectivity index (χ1) is 8.93. The van der Waals surface area contributed by atoms with E-state index in [1.54, 1.807) is 0 Å². The molecule has 1 N–H and O–H groups in total. The van der Waals surface area contributed by atoms with Gasteiger partial charge in [0.05, 0.1) is 30.4 Å². The van der Waals surface area contributed by atoms with Gasteiger partial charge in [-0.2, -0.15) is 13.2 Å². The summed E-state index contributed by atoms with van der Waals surface area (Å²) in [6.07, 6.45) is -4.95. The van der Waals surface area contributed by atoms with Gasteiger partial charge in [-0.25, -0.2) is 0 Å². The van der Waals surface area contributed by atoms with E-state index in [2.05, 4.69) is 5.32 Å². The van der Waals surface area contributed by atoms with Crippen LogP contribution in [0.4, 0.5) is 13.2 Å². The van der Waals surface area contributed by atoms with Crippen LogP contribution in [0.1, 0.15) is 17.2 Å². The summed E-state index contributed by atoms with van der Waals surface area (Å²) in [5.74, 6) is -0.360. The Morgan fingerprint density at radius 2 is 2.16 bits per heavy atom. The molecule has 1 saturated heterocycles. The van der Waals surface area contributed by atoms with Crippen LogP contribution in [-0.2, 0) is 10.9 Å². The molecule has 2 rings (SSSR count). The molecule has 0 aliphatic carbocycles. The quantitative estimate of drug-likeness (QED) is 0.910. The van der Waals surface area contributed by atoms with Gasteiger partial charge in [-0.3, -0.25) is 0 Å². The van der Waals surface area contributed by atoms with Crippen LogP contribution >= 0.6 is 11.6 Å². The largest absolute Gasteiger partial charge is 0.495 e. The van der Waals surface area contributed by atoms with E-state index in [0.29, 0.717) is 25.3 Å². The Bertz CT molecular complexity index is 459. The molecule has 7 heteroatoms. The van der Waals surface area contributed by atoms with Gasteiger partial charge in [-0.1, -0.05) is 11.6 Å². The summed E-state index contributed by atoms with van der Waals surface area (Å²) in [6, 6.07) is 2.48. The maximum absolute atomic E-state index is 13.0. The highest BCUT2D eigenvalue weighted by Crippen LogP contribution is 2.42. The third-order valence-corrected chi connectivity index (χ3v) is 3.16. The van der Waals surface area contributed by atoms with Gasteiger partial charge in [0.25, 0.3) is 0 Å². The summed E-state index contributed by atoms with van der Waals surface area (Å²) in [4.78, 5) is 0. The van der Waals surface area contributed by atoms with E-state index >= 15 is 0 Å². The average molecular weight is 296 g/mol. The Morgan fingerprint density at radius 1 is 1.42 bits per heavy atom. The molecule has 1 heterocycles. The number of methoxy groups -OCH3 is 1. The summed E-state index contributed by atoms with van der Waals surface area (Å²) in [5, 5.41) is 2.99. The minimum Gasteiger partial charge on any atom is -0.495 e. The predicted molar refractivity (Wildman–Crippen MR) is 64.6 cm³/mol. The molecule has 1 aliphatic heterocycles. The lowest BCUT2D eigenvalue weighted by atomic mass is 10.0. The van der Waals surface area contributed by atoms with Crippen molar-refractivity contribution in [2.75, 3.05) is 26.8 Å². The summed E-state index contributed by atoms with van der Waals surface area (Å²) in [7, 11) is 1.16. The minimum absolute atomic E-state index is 0.0681. The molecular formula is C12H13ClF3NO2. The van der Waals surface area contributed by atoms with Crippen molar-refractivity contribution in [2.45, 2.75) is 12.3 Å². The van der Waals surface area contributed by atoms with Crippen LogP contribution in [0.15, 0.2) is 12.1 Å². The van der Waals surface area contributed by atoms with E-state index in [1.807, 2.05) is 0 Å². The molecule has 19 heavy (non-hydrogen) atoms. The highest BCUT2D eigenvalue weighted by molar-refractivity contribution is 6.32. The molecule has 0 spiro atoms. The maximum Gasteiger partial charge on any atom is 0.420 e. The van der Waals surface area contributed by atoms with Gasteiger partial charge in [0.2, 0.25) is 0 Å². The molecule has 1 aromatic rings. The van der Waals surface area contributed by atoms with Crippen LogP contribution in [0, 0.1) is 0 Å². The van der Waals surface area contributed by atoms with E-state index in [0.717, 1.165) is 13.2 Å². The molecule has 0 saturated carbocycles. The fourth-order valence-electron chi connectivity index (χ4n) is 2.00. The molecule has 0 bridgehead atoms. The van der Waals surface area contributed by atoms with Crippen molar-refractivity contribution in [1.29, 1.82) is 0 Å². The smallest absolute Gasteiger partial charge is 0.420 e. The Hall–Kier alpha value is -0.980. The molecular weight excluding hydrogens is 283 g/mol. The number of hydrogen-bond donors (Lipinski definition) is 1. The lowest BCUT2D eigenvalue weighted by Gasteiger charge is -2.25. The third-order valence-electron chi connectivity index (χ3n) is 2.87. The van der Waals surface area contributed by atoms with Crippen molar-refractivity contribution in [1.82, 2.24) is 5.32 Å². The van der Waals surface area contributed by atoms with E-state index in [1.165, 1.54) is 6.07 Å². The normalized spacial score (nSPS) is 20.4. The van der Waals surface area contributed by atoms with Crippen LogP contribution in [-0.4, -0.2) is 26.8 Å². The number of hydrogen-bond acceptors (Lipinski definition) is 3. The average Bonchev–Trinajstić information content (AvgIpc) is 2.37. The minimum atomic E-state index is -4.52. The summed E-state index contributed by atoms with van der Waals surface area (Å²) in [5.41, 5.74) is -0.489. The molecule has 0 aromatic heterocycles. The topological polar surface area (TPSA) is 30.5 Å². The molecule has 1 fully saturated rings. The van der Waals surface area contributed by atoms with Gasteiger partial charge in [0.15, 0.2) is 0 Å². The SMILES string of the molecule is COc1c(Cl)cc(C2CNCCO2)cc1C(F)(F)F. The number of benzene rings is 1. The molecule has 1 atom stereocenters. The molecule has 0 radical (unpaired) electrons. The Labute approximate surface area is 113 Å². The molecule has 3 nitrogen and oxygen atoms in total. The van der Waals surface area contributed by atoms with Gasteiger partial charge in [0.1, 0.15) is 5.75 Å². The zero-order chi connectivity index (χ0) is 14.0. The van der Waals surface area contributed by atoms with Gasteiger partial charge < -0.3 is 14.8 Å². The zero-order valence-corrected chi connectivity index (χ0v) is 10.9. The van der Waals surface area contributed by atoms with Crippen molar-refractivity contribution in [2.24, 2.45) is 0 Å². The fourth-order valence-corrected chi connectivity index (χ4v) is 2.30. The van der Waals surface area contributed by atoms with Crippen LogP contribution in [0.5, 0.6) is 5.75 Å². The second kappa shape index (κ2) is 5.56. The first kappa shape index (κ1) is 14.4. The van der Waals surface area contributed by atoms with Crippen molar-refractivity contribution in [3.05, 3.63) is 28.3 Å². The summed E-state index contributed by atoms with van der Waals surface area (Å²) in [6.45, 7) is 1.60. The molecule has 1 aromatic carbocycles. The highest BCUT2D eigenvalue weighted by atomic mass is 35.5. The molecule has 1 unspecified atom stereocenters. The zero-order valence-electron chi connectivity index (χ0n) is 10.2. The van der Waals surface area contributed by atoms with Crippen LogP contribution in [0.2, 0.25) is 5.02 Å². The first-order valence-electron chi connectivity index (χ1n) is 5.70. The van der Waals surface area contributed by atoms with Crippen molar-refractivity contribution in [3.63, 3.8) is 0 Å². The van der Waals surface area contributed by atoms with Crippen LogP contribution < -0.4 is 10.1 Å². The van der Waals surface area contributed by atoms with Crippen molar-refractivity contribution < 1.29 is 22.6 Å². The van der Waals surface area contributed by atoms with Gasteiger partial charge in [-0.15, -0.1) is 0 Å². The standard InChI is InChI=1S/C12H13ClF3NO2/c1-18-11-8(12(14,15)16)4-7(5-9(11)13)10-6-17-2-3-19-10/h4-5,10,17H,2-3,6H2,1H3. The summed E-state index contributed by atoms with van der Waals surface area (Å²) < 4.78 is 49.1. The monoisotopic (exact) mass is 295 g/mol. The van der Waals surface area contributed by atoms with Crippen LogP contribution in [0.25, 0.3) is 0 Å². The third kappa shape index (κ3) is 3.13. The number of alkyl halides is 3. The van der Waals surface area contributed by atoms with E-state index in [4.69, 9.17) is 21.1 Å². The lowest BCUT2D eigenvalue weighted by molar-refractivity contribution is -0.138. The fraction of sp³-hybridized carbons (Fsp3) is 0.500. The van der Waals surface area contributed by atoms with Gasteiger partial charge >= 0.3 is 6.18 Å². The number of morpholine rings is 1. The Balaban J connectivity index is 2.43. The number of halogens is 4. The number of rotatable bonds is 2. The Morgan fingerprint density at radius 3 is 2.68 bits per heavy atom. The van der Waals surface area contributed by atoms with Crippen molar-refractivity contribution in [3.8, 4) is 5.75 Å². The number of nitrogens with one attached hydrogen (secondary N) is 1. The first-order valence-corrected chi connectivity index (χ1v) is 6.08. The molecule has 106 valence electrons. The summed E-state index contributed by atoms with van der Waals surface area (Å²) >= 11 is 5.86. The second-order valence-electron chi connectivity index (χ2n) is 4.14. The molecule has 0 amide bonds. The lowest BCUT2D eigenvalue weighted by Crippen LogP contribution is -2.33. The Kier molecular flexibility index (Phi) is 4.23. The molecule has 1 aliphatic rings. The second-order valence-corrected chi connectivity index (χ2v) is 4.55. The maximum atomic E-state index is 13.0.